The molecule has 0 radical (unpaired) electrons. The molecule has 5 heteroatoms. The fraction of sp³-hybridized carbons (Fsp3) is 0.111. The van der Waals surface area contributed by atoms with Gasteiger partial charge in [0.2, 0.25) is 0 Å². The van der Waals surface area contributed by atoms with Crippen molar-refractivity contribution < 1.29 is 9.90 Å². The van der Waals surface area contributed by atoms with Gasteiger partial charge in [0, 0.05) is 11.9 Å². The molecule has 4 nitrogen and oxygen atoms in total. The summed E-state index contributed by atoms with van der Waals surface area (Å²) in [6.45, 7) is 1.90. The van der Waals surface area contributed by atoms with Crippen LogP contribution in [-0.2, 0) is 0 Å². The first-order valence-corrected chi connectivity index (χ1v) is 4.76. The van der Waals surface area contributed by atoms with E-state index in [4.69, 9.17) is 5.11 Å². The molecule has 0 atom stereocenters. The Morgan fingerprint density at radius 3 is 2.86 bits per heavy atom. The van der Waals surface area contributed by atoms with E-state index in [-0.39, 0.29) is 5.69 Å². The maximum Gasteiger partial charge on any atom is 0.356 e. The Kier molecular flexibility index (Phi) is 2.03. The first-order valence-electron chi connectivity index (χ1n) is 3.97. The van der Waals surface area contributed by atoms with Gasteiger partial charge in [-0.05, 0) is 35.0 Å². The number of hydrogen-bond donors (Lipinski definition) is 1. The lowest BCUT2D eigenvalue weighted by Crippen LogP contribution is -1.95. The number of aromatic carboxylic acids is 1. The van der Waals surface area contributed by atoms with E-state index in [2.05, 4.69) is 20.9 Å². The minimum Gasteiger partial charge on any atom is -0.476 e. The van der Waals surface area contributed by atoms with E-state index < -0.39 is 5.97 Å². The summed E-state index contributed by atoms with van der Waals surface area (Å²) in [7, 11) is 0. The molecule has 0 aliphatic rings. The second-order valence-electron chi connectivity index (χ2n) is 2.95. The molecule has 0 fully saturated rings. The number of nitrogens with zero attached hydrogens (tertiary/aromatic N) is 2. The van der Waals surface area contributed by atoms with Gasteiger partial charge < -0.3 is 9.51 Å². The predicted molar refractivity (Wildman–Crippen MR) is 54.6 cm³/mol. The molecule has 0 aliphatic carbocycles. The number of aromatic nitrogens is 2. The van der Waals surface area contributed by atoms with Crippen LogP contribution in [0.25, 0.3) is 5.65 Å². The molecule has 0 bridgehead atoms. The summed E-state index contributed by atoms with van der Waals surface area (Å²) in [4.78, 5) is 14.7. The van der Waals surface area contributed by atoms with Crippen LogP contribution in [0.5, 0.6) is 0 Å². The fourth-order valence-electron chi connectivity index (χ4n) is 1.27. The zero-order valence-electron chi connectivity index (χ0n) is 7.36. The lowest BCUT2D eigenvalue weighted by Gasteiger charge is -1.99. The van der Waals surface area contributed by atoms with Gasteiger partial charge in [-0.3, -0.25) is 0 Å². The molecule has 0 amide bonds. The zero-order valence-corrected chi connectivity index (χ0v) is 8.95. The van der Waals surface area contributed by atoms with Crippen molar-refractivity contribution in [3.63, 3.8) is 0 Å². The van der Waals surface area contributed by atoms with Crippen LogP contribution >= 0.6 is 15.9 Å². The summed E-state index contributed by atoms with van der Waals surface area (Å²) in [5, 5.41) is 8.78. The number of hydrogen-bond acceptors (Lipinski definition) is 2. The van der Waals surface area contributed by atoms with E-state index in [0.29, 0.717) is 5.65 Å². The van der Waals surface area contributed by atoms with E-state index >= 15 is 0 Å². The number of aryl methyl sites for hydroxylation is 1. The lowest BCUT2D eigenvalue weighted by atomic mass is 10.4. The maximum absolute atomic E-state index is 10.7. The molecule has 1 N–H and O–H groups in total. The largest absolute Gasteiger partial charge is 0.476 e. The van der Waals surface area contributed by atoms with Gasteiger partial charge in [-0.1, -0.05) is 0 Å². The van der Waals surface area contributed by atoms with Crippen molar-refractivity contribution in [2.24, 2.45) is 0 Å². The number of imidazole rings is 1. The van der Waals surface area contributed by atoms with Crippen molar-refractivity contribution in [1.29, 1.82) is 0 Å². The van der Waals surface area contributed by atoms with Crippen LogP contribution in [0.15, 0.2) is 22.8 Å². The van der Waals surface area contributed by atoms with E-state index in [0.717, 1.165) is 10.2 Å². The fourth-order valence-corrected chi connectivity index (χ4v) is 1.68. The van der Waals surface area contributed by atoms with Crippen molar-refractivity contribution in [2.45, 2.75) is 6.92 Å². The van der Waals surface area contributed by atoms with E-state index in [1.165, 1.54) is 6.20 Å². The number of carbonyl (C=O) groups is 1. The SMILES string of the molecule is Cc1ccc(Br)c2nc(C(=O)O)cn12. The predicted octanol–water partition coefficient (Wildman–Crippen LogP) is 2.10. The van der Waals surface area contributed by atoms with Gasteiger partial charge in [-0.2, -0.15) is 0 Å². The zero-order chi connectivity index (χ0) is 10.3. The van der Waals surface area contributed by atoms with Crippen LogP contribution in [0.4, 0.5) is 0 Å². The second kappa shape index (κ2) is 3.09. The average Bonchev–Trinajstić information content (AvgIpc) is 2.57. The van der Waals surface area contributed by atoms with Crippen molar-refractivity contribution >= 4 is 27.5 Å². The Bertz CT molecular complexity index is 480. The maximum atomic E-state index is 10.7. The van der Waals surface area contributed by atoms with Crippen LogP contribution in [-0.4, -0.2) is 20.5 Å². The monoisotopic (exact) mass is 254 g/mol. The second-order valence-corrected chi connectivity index (χ2v) is 3.80. The van der Waals surface area contributed by atoms with Crippen LogP contribution in [0.1, 0.15) is 16.2 Å². The highest BCUT2D eigenvalue weighted by Gasteiger charge is 2.11. The van der Waals surface area contributed by atoms with Crippen molar-refractivity contribution in [3.8, 4) is 0 Å². The van der Waals surface area contributed by atoms with Gasteiger partial charge >= 0.3 is 5.97 Å². The molecule has 0 aliphatic heterocycles. The third kappa shape index (κ3) is 1.29. The number of fused-ring (bicyclic) bond motifs is 1. The number of halogens is 1. The van der Waals surface area contributed by atoms with Gasteiger partial charge in [0.15, 0.2) is 11.3 Å². The summed E-state index contributed by atoms with van der Waals surface area (Å²) < 4.78 is 2.53. The Balaban J connectivity index is 2.82. The van der Waals surface area contributed by atoms with E-state index in [1.54, 1.807) is 4.40 Å². The smallest absolute Gasteiger partial charge is 0.356 e. The molecule has 2 heterocycles. The number of pyridine rings is 1. The Morgan fingerprint density at radius 2 is 2.29 bits per heavy atom. The van der Waals surface area contributed by atoms with Gasteiger partial charge in [0.1, 0.15) is 0 Å². The molecular weight excluding hydrogens is 248 g/mol. The Hall–Kier alpha value is -1.36. The summed E-state index contributed by atoms with van der Waals surface area (Å²) in [6.07, 6.45) is 1.51. The number of carboxylic acid groups (broad SMARTS) is 1. The standard InChI is InChI=1S/C9H7BrN2O2/c1-5-2-3-6(10)8-11-7(9(13)14)4-12(5)8/h2-4H,1H3,(H,13,14). The molecule has 0 spiro atoms. The minimum absolute atomic E-state index is 0.0556. The lowest BCUT2D eigenvalue weighted by molar-refractivity contribution is 0.0691. The van der Waals surface area contributed by atoms with Gasteiger partial charge in [0.25, 0.3) is 0 Å². The van der Waals surface area contributed by atoms with Crippen molar-refractivity contribution in [2.75, 3.05) is 0 Å². The first kappa shape index (κ1) is 9.21. The summed E-state index contributed by atoms with van der Waals surface area (Å²) in [5.74, 6) is -1.01. The Labute approximate surface area is 88.3 Å². The van der Waals surface area contributed by atoms with Crippen LogP contribution < -0.4 is 0 Å². The molecule has 0 saturated heterocycles. The minimum atomic E-state index is -1.01. The van der Waals surface area contributed by atoms with Crippen molar-refractivity contribution in [3.05, 3.63) is 34.2 Å². The highest BCUT2D eigenvalue weighted by atomic mass is 79.9. The number of carboxylic acids is 1. The van der Waals surface area contributed by atoms with Gasteiger partial charge in [0.05, 0.1) is 4.47 Å². The van der Waals surface area contributed by atoms with Gasteiger partial charge in [-0.25, -0.2) is 9.78 Å². The van der Waals surface area contributed by atoms with Crippen LogP contribution in [0.2, 0.25) is 0 Å². The van der Waals surface area contributed by atoms with Crippen molar-refractivity contribution in [1.82, 2.24) is 9.38 Å². The third-order valence-corrected chi connectivity index (χ3v) is 2.61. The molecule has 2 aromatic heterocycles. The van der Waals surface area contributed by atoms with Gasteiger partial charge in [-0.15, -0.1) is 0 Å². The molecule has 0 aromatic carbocycles. The molecule has 0 unspecified atom stereocenters. The average molecular weight is 255 g/mol. The molecule has 72 valence electrons. The van der Waals surface area contributed by atoms with E-state index in [1.807, 2.05) is 19.1 Å². The Morgan fingerprint density at radius 1 is 1.57 bits per heavy atom. The van der Waals surface area contributed by atoms with Crippen LogP contribution in [0, 0.1) is 6.92 Å². The van der Waals surface area contributed by atoms with Crippen LogP contribution in [0.3, 0.4) is 0 Å². The quantitative estimate of drug-likeness (QED) is 0.848. The highest BCUT2D eigenvalue weighted by Crippen LogP contribution is 2.19. The molecule has 14 heavy (non-hydrogen) atoms. The topological polar surface area (TPSA) is 54.6 Å². The summed E-state index contributed by atoms with van der Waals surface area (Å²) in [5.41, 5.74) is 1.63. The summed E-state index contributed by atoms with van der Waals surface area (Å²) >= 11 is 3.32. The molecular formula is C9H7BrN2O2. The third-order valence-electron chi connectivity index (χ3n) is 1.99. The molecule has 2 aromatic rings. The number of rotatable bonds is 1. The molecule has 0 saturated carbocycles. The molecule has 2 rings (SSSR count). The normalized spacial score (nSPS) is 10.7. The highest BCUT2D eigenvalue weighted by molar-refractivity contribution is 9.10. The summed E-state index contributed by atoms with van der Waals surface area (Å²) in [6, 6.07) is 3.74. The first-order chi connectivity index (χ1) is 6.59. The van der Waals surface area contributed by atoms with E-state index in [9.17, 15) is 4.79 Å².